The van der Waals surface area contributed by atoms with Gasteiger partial charge >= 0.3 is 5.97 Å². The molecule has 2 atom stereocenters. The highest BCUT2D eigenvalue weighted by Crippen LogP contribution is 2.41. The van der Waals surface area contributed by atoms with Crippen LogP contribution in [-0.4, -0.2) is 12.1 Å². The Balaban J connectivity index is 2.71. The van der Waals surface area contributed by atoms with Gasteiger partial charge in [0.15, 0.2) is 0 Å². The maximum Gasteiger partial charge on any atom is 0.303 e. The summed E-state index contributed by atoms with van der Waals surface area (Å²) < 4.78 is 5.10. The predicted molar refractivity (Wildman–Crippen MR) is 70.6 cm³/mol. The first-order valence-corrected chi connectivity index (χ1v) is 6.35. The molecule has 0 radical (unpaired) electrons. The van der Waals surface area contributed by atoms with Crippen LogP contribution in [0.3, 0.4) is 0 Å². The van der Waals surface area contributed by atoms with Crippen molar-refractivity contribution in [1.82, 2.24) is 0 Å². The first kappa shape index (κ1) is 14.0. The summed E-state index contributed by atoms with van der Waals surface area (Å²) in [6.45, 7) is 10.1. The molecule has 0 aromatic rings. The molecule has 0 bridgehead atoms. The Morgan fingerprint density at radius 1 is 1.59 bits per heavy atom. The summed E-state index contributed by atoms with van der Waals surface area (Å²) in [5.74, 6) is 0.228. The molecule has 0 aromatic heterocycles. The van der Waals surface area contributed by atoms with Crippen molar-refractivity contribution in [3.63, 3.8) is 0 Å². The molecule has 0 spiro atoms. The lowest BCUT2D eigenvalue weighted by atomic mass is 9.68. The van der Waals surface area contributed by atoms with Gasteiger partial charge in [-0.2, -0.15) is 0 Å². The van der Waals surface area contributed by atoms with Gasteiger partial charge in [-0.25, -0.2) is 0 Å². The maximum absolute atomic E-state index is 10.8. The standard InChI is InChI=1S/C15H24O2/c1-11-7-6-10-15(4,5)14(11)9-8-12(2)17-13(3)16/h7-9,12,14H,6,10H2,1-5H3/b9-8+/t12-,14-/m0/s1. The van der Waals surface area contributed by atoms with Gasteiger partial charge in [0.2, 0.25) is 0 Å². The normalized spacial score (nSPS) is 25.5. The molecule has 2 nitrogen and oxygen atoms in total. The van der Waals surface area contributed by atoms with Crippen LogP contribution in [-0.2, 0) is 9.53 Å². The lowest BCUT2D eigenvalue weighted by Gasteiger charge is -2.36. The van der Waals surface area contributed by atoms with Crippen molar-refractivity contribution in [3.8, 4) is 0 Å². The van der Waals surface area contributed by atoms with Crippen LogP contribution < -0.4 is 0 Å². The van der Waals surface area contributed by atoms with Gasteiger partial charge in [0.25, 0.3) is 0 Å². The van der Waals surface area contributed by atoms with Crippen molar-refractivity contribution < 1.29 is 9.53 Å². The minimum absolute atomic E-state index is 0.141. The molecule has 0 N–H and O–H groups in total. The quantitative estimate of drug-likeness (QED) is 0.549. The fourth-order valence-corrected chi connectivity index (χ4v) is 2.55. The molecule has 0 fully saturated rings. The Morgan fingerprint density at radius 3 is 2.76 bits per heavy atom. The van der Waals surface area contributed by atoms with E-state index in [-0.39, 0.29) is 12.1 Å². The number of carbonyl (C=O) groups excluding carboxylic acids is 1. The Morgan fingerprint density at radius 2 is 2.24 bits per heavy atom. The smallest absolute Gasteiger partial charge is 0.303 e. The Labute approximate surface area is 105 Å². The highest BCUT2D eigenvalue weighted by molar-refractivity contribution is 5.66. The third kappa shape index (κ3) is 4.03. The van der Waals surface area contributed by atoms with E-state index in [0.717, 1.165) is 0 Å². The van der Waals surface area contributed by atoms with Crippen LogP contribution in [0, 0.1) is 11.3 Å². The van der Waals surface area contributed by atoms with Crippen molar-refractivity contribution in [2.45, 2.75) is 53.6 Å². The zero-order chi connectivity index (χ0) is 13.1. The SMILES string of the molecule is CC(=O)O[C@@H](C)/C=C/[C@H]1C(C)=CCCC1(C)C. The van der Waals surface area contributed by atoms with Crippen molar-refractivity contribution in [2.24, 2.45) is 11.3 Å². The molecule has 2 heteroatoms. The van der Waals surface area contributed by atoms with Crippen molar-refractivity contribution in [1.29, 1.82) is 0 Å². The summed E-state index contributed by atoms with van der Waals surface area (Å²) in [5.41, 5.74) is 1.72. The topological polar surface area (TPSA) is 26.3 Å². The van der Waals surface area contributed by atoms with Crippen LogP contribution in [0.5, 0.6) is 0 Å². The summed E-state index contributed by atoms with van der Waals surface area (Å²) in [6, 6.07) is 0. The molecule has 1 aliphatic rings. The van der Waals surface area contributed by atoms with Crippen LogP contribution in [0.25, 0.3) is 0 Å². The highest BCUT2D eigenvalue weighted by Gasteiger charge is 2.30. The Kier molecular flexibility index (Phi) is 4.55. The molecule has 0 unspecified atom stereocenters. The summed E-state index contributed by atoms with van der Waals surface area (Å²) in [5, 5.41) is 0. The average Bonchev–Trinajstić information content (AvgIpc) is 2.14. The van der Waals surface area contributed by atoms with E-state index >= 15 is 0 Å². The van der Waals surface area contributed by atoms with E-state index < -0.39 is 0 Å². The van der Waals surface area contributed by atoms with Gasteiger partial charge < -0.3 is 4.74 Å². The van der Waals surface area contributed by atoms with Crippen LogP contribution in [0.2, 0.25) is 0 Å². The summed E-state index contributed by atoms with van der Waals surface area (Å²) in [4.78, 5) is 10.8. The van der Waals surface area contributed by atoms with Crippen LogP contribution in [0.15, 0.2) is 23.8 Å². The molecule has 0 aromatic carbocycles. The van der Waals surface area contributed by atoms with Gasteiger partial charge in [0, 0.05) is 12.8 Å². The monoisotopic (exact) mass is 236 g/mol. The number of carbonyl (C=O) groups is 1. The fraction of sp³-hybridized carbons (Fsp3) is 0.667. The number of ether oxygens (including phenoxy) is 1. The van der Waals surface area contributed by atoms with E-state index in [1.165, 1.54) is 25.3 Å². The van der Waals surface area contributed by atoms with E-state index in [2.05, 4.69) is 32.9 Å². The van der Waals surface area contributed by atoms with Gasteiger partial charge in [-0.3, -0.25) is 4.79 Å². The minimum Gasteiger partial charge on any atom is -0.459 e. The first-order chi connectivity index (χ1) is 7.83. The third-order valence-electron chi connectivity index (χ3n) is 3.51. The number of hydrogen-bond acceptors (Lipinski definition) is 2. The van der Waals surface area contributed by atoms with E-state index in [4.69, 9.17) is 4.74 Å². The van der Waals surface area contributed by atoms with Crippen LogP contribution in [0.4, 0.5) is 0 Å². The molecule has 0 saturated carbocycles. The fourth-order valence-electron chi connectivity index (χ4n) is 2.55. The number of allylic oxidation sites excluding steroid dienone is 3. The average molecular weight is 236 g/mol. The molecule has 1 aliphatic carbocycles. The number of hydrogen-bond donors (Lipinski definition) is 0. The third-order valence-corrected chi connectivity index (χ3v) is 3.51. The Bertz CT molecular complexity index is 337. The van der Waals surface area contributed by atoms with Gasteiger partial charge in [-0.1, -0.05) is 31.6 Å². The second-order valence-corrected chi connectivity index (χ2v) is 5.65. The lowest BCUT2D eigenvalue weighted by Crippen LogP contribution is -2.26. The van der Waals surface area contributed by atoms with Crippen molar-refractivity contribution in [2.75, 3.05) is 0 Å². The second kappa shape index (κ2) is 5.52. The molecular weight excluding hydrogens is 212 g/mol. The zero-order valence-corrected chi connectivity index (χ0v) is 11.6. The predicted octanol–water partition coefficient (Wildman–Crippen LogP) is 3.88. The van der Waals surface area contributed by atoms with E-state index in [1.54, 1.807) is 0 Å². The summed E-state index contributed by atoms with van der Waals surface area (Å²) in [6.07, 6.45) is 8.74. The van der Waals surface area contributed by atoms with Gasteiger partial charge in [0.1, 0.15) is 6.10 Å². The Hall–Kier alpha value is -1.05. The first-order valence-electron chi connectivity index (χ1n) is 6.35. The maximum atomic E-state index is 10.8. The highest BCUT2D eigenvalue weighted by atomic mass is 16.5. The minimum atomic E-state index is -0.225. The van der Waals surface area contributed by atoms with Gasteiger partial charge in [0.05, 0.1) is 0 Å². The molecule has 1 rings (SSSR count). The van der Waals surface area contributed by atoms with Crippen LogP contribution >= 0.6 is 0 Å². The summed E-state index contributed by atoms with van der Waals surface area (Å²) in [7, 11) is 0. The molecular formula is C15H24O2. The molecule has 0 heterocycles. The van der Waals surface area contributed by atoms with E-state index in [9.17, 15) is 4.79 Å². The summed E-state index contributed by atoms with van der Waals surface area (Å²) >= 11 is 0. The van der Waals surface area contributed by atoms with E-state index in [1.807, 2.05) is 13.0 Å². The molecule has 17 heavy (non-hydrogen) atoms. The van der Waals surface area contributed by atoms with Crippen molar-refractivity contribution in [3.05, 3.63) is 23.8 Å². The molecule has 0 aliphatic heterocycles. The second-order valence-electron chi connectivity index (χ2n) is 5.65. The van der Waals surface area contributed by atoms with E-state index in [0.29, 0.717) is 11.3 Å². The molecule has 96 valence electrons. The van der Waals surface area contributed by atoms with Crippen molar-refractivity contribution >= 4 is 5.97 Å². The van der Waals surface area contributed by atoms with Gasteiger partial charge in [-0.05, 0) is 38.2 Å². The van der Waals surface area contributed by atoms with Crippen LogP contribution in [0.1, 0.15) is 47.5 Å². The largest absolute Gasteiger partial charge is 0.459 e. The molecule has 0 amide bonds. The van der Waals surface area contributed by atoms with Gasteiger partial charge in [-0.15, -0.1) is 0 Å². The lowest BCUT2D eigenvalue weighted by molar-refractivity contribution is -0.143. The zero-order valence-electron chi connectivity index (χ0n) is 11.6. The number of esters is 1. The number of rotatable bonds is 3. The molecule has 0 saturated heterocycles.